The quantitative estimate of drug-likeness (QED) is 0.798. The molecule has 0 radical (unpaired) electrons. The van der Waals surface area contributed by atoms with E-state index in [9.17, 15) is 4.79 Å². The molecule has 21 heavy (non-hydrogen) atoms. The van der Waals surface area contributed by atoms with Crippen LogP contribution in [0.25, 0.3) is 0 Å². The summed E-state index contributed by atoms with van der Waals surface area (Å²) in [5.41, 5.74) is 7.46. The van der Waals surface area contributed by atoms with Crippen molar-refractivity contribution in [2.24, 2.45) is 11.7 Å². The highest BCUT2D eigenvalue weighted by atomic mass is 16.5. The van der Waals surface area contributed by atoms with Crippen LogP contribution in [-0.4, -0.2) is 44.2 Å². The zero-order chi connectivity index (χ0) is 15.1. The second kappa shape index (κ2) is 8.12. The molecule has 1 amide bonds. The van der Waals surface area contributed by atoms with Crippen LogP contribution in [-0.2, 0) is 16.1 Å². The number of rotatable bonds is 7. The molecule has 1 aliphatic rings. The third kappa shape index (κ3) is 4.81. The number of carbonyl (C=O) groups is 1. The number of ether oxygens (including phenoxy) is 1. The van der Waals surface area contributed by atoms with Crippen LogP contribution in [0.4, 0.5) is 5.69 Å². The van der Waals surface area contributed by atoms with E-state index in [4.69, 9.17) is 10.5 Å². The van der Waals surface area contributed by atoms with E-state index in [2.05, 4.69) is 10.2 Å². The molecule has 1 atom stereocenters. The summed E-state index contributed by atoms with van der Waals surface area (Å²) in [6.07, 6.45) is 1.67. The second-order valence-corrected chi connectivity index (χ2v) is 5.57. The molecule has 1 saturated heterocycles. The second-order valence-electron chi connectivity index (χ2n) is 5.57. The van der Waals surface area contributed by atoms with E-state index >= 15 is 0 Å². The molecule has 0 saturated carbocycles. The van der Waals surface area contributed by atoms with Gasteiger partial charge in [-0.2, -0.15) is 0 Å². The summed E-state index contributed by atoms with van der Waals surface area (Å²) in [5, 5.41) is 2.95. The number of nitrogens with one attached hydrogen (secondary N) is 1. The number of amides is 1. The maximum Gasteiger partial charge on any atom is 0.225 e. The number of benzene rings is 1. The number of nitrogens with zero attached hydrogens (tertiary/aromatic N) is 1. The lowest BCUT2D eigenvalue weighted by atomic mass is 10.1. The summed E-state index contributed by atoms with van der Waals surface area (Å²) in [4.78, 5) is 14.4. The van der Waals surface area contributed by atoms with Crippen molar-refractivity contribution in [3.63, 3.8) is 0 Å². The fourth-order valence-electron chi connectivity index (χ4n) is 2.78. The van der Waals surface area contributed by atoms with Crippen molar-refractivity contribution >= 4 is 11.6 Å². The smallest absolute Gasteiger partial charge is 0.225 e. The van der Waals surface area contributed by atoms with Gasteiger partial charge in [0.05, 0.1) is 6.61 Å². The Morgan fingerprint density at radius 1 is 1.48 bits per heavy atom. The molecule has 3 N–H and O–H groups in total. The Hall–Kier alpha value is -1.43. The number of nitrogens with two attached hydrogens (primary N) is 1. The summed E-state index contributed by atoms with van der Waals surface area (Å²) in [6.45, 7) is 4.13. The largest absolute Gasteiger partial charge is 0.384 e. The van der Waals surface area contributed by atoms with Gasteiger partial charge in [-0.3, -0.25) is 4.79 Å². The Balaban J connectivity index is 1.75. The van der Waals surface area contributed by atoms with Crippen LogP contribution in [0, 0.1) is 5.92 Å². The highest BCUT2D eigenvalue weighted by Gasteiger charge is 2.22. The van der Waals surface area contributed by atoms with Crippen LogP contribution in [0.15, 0.2) is 24.3 Å². The SMILES string of the molecule is COCC1CCN(CCC(=O)Nc2ccccc2CN)C1. The van der Waals surface area contributed by atoms with Gasteiger partial charge in [-0.15, -0.1) is 0 Å². The van der Waals surface area contributed by atoms with Gasteiger partial charge in [-0.1, -0.05) is 18.2 Å². The highest BCUT2D eigenvalue weighted by molar-refractivity contribution is 5.91. The lowest BCUT2D eigenvalue weighted by molar-refractivity contribution is -0.116. The molecule has 0 spiro atoms. The van der Waals surface area contributed by atoms with Gasteiger partial charge >= 0.3 is 0 Å². The molecule has 1 unspecified atom stereocenters. The van der Waals surface area contributed by atoms with E-state index in [0.29, 0.717) is 18.9 Å². The fourth-order valence-corrected chi connectivity index (χ4v) is 2.78. The van der Waals surface area contributed by atoms with Crippen molar-refractivity contribution in [1.82, 2.24) is 4.90 Å². The fraction of sp³-hybridized carbons (Fsp3) is 0.562. The van der Waals surface area contributed by atoms with Crippen molar-refractivity contribution in [3.8, 4) is 0 Å². The zero-order valence-corrected chi connectivity index (χ0v) is 12.7. The van der Waals surface area contributed by atoms with Crippen molar-refractivity contribution in [2.45, 2.75) is 19.4 Å². The average molecular weight is 291 g/mol. The molecule has 5 heteroatoms. The normalized spacial score (nSPS) is 18.9. The molecule has 0 bridgehead atoms. The van der Waals surface area contributed by atoms with Crippen molar-refractivity contribution in [2.75, 3.05) is 38.7 Å². The number of carbonyl (C=O) groups excluding carboxylic acids is 1. The lowest BCUT2D eigenvalue weighted by Crippen LogP contribution is -2.26. The van der Waals surface area contributed by atoms with Crippen LogP contribution in [0.2, 0.25) is 0 Å². The maximum atomic E-state index is 12.0. The van der Waals surface area contributed by atoms with Gasteiger partial charge in [-0.05, 0) is 30.5 Å². The van der Waals surface area contributed by atoms with Gasteiger partial charge < -0.3 is 20.7 Å². The predicted molar refractivity (Wildman–Crippen MR) is 84.0 cm³/mol. The van der Waals surface area contributed by atoms with Gasteiger partial charge in [0, 0.05) is 38.9 Å². The number of methoxy groups -OCH3 is 1. The minimum absolute atomic E-state index is 0.0473. The van der Waals surface area contributed by atoms with E-state index in [1.165, 1.54) is 0 Å². The molecule has 0 aromatic heterocycles. The van der Waals surface area contributed by atoms with Gasteiger partial charge in [-0.25, -0.2) is 0 Å². The molecule has 1 aromatic carbocycles. The van der Waals surface area contributed by atoms with E-state index in [1.54, 1.807) is 7.11 Å². The predicted octanol–water partition coefficient (Wildman–Crippen LogP) is 1.44. The van der Waals surface area contributed by atoms with Gasteiger partial charge in [0.1, 0.15) is 0 Å². The van der Waals surface area contributed by atoms with E-state index in [0.717, 1.165) is 43.9 Å². The zero-order valence-electron chi connectivity index (χ0n) is 12.7. The summed E-state index contributed by atoms with van der Waals surface area (Å²) in [6, 6.07) is 7.67. The number of anilines is 1. The van der Waals surface area contributed by atoms with Crippen molar-refractivity contribution in [3.05, 3.63) is 29.8 Å². The molecular weight excluding hydrogens is 266 g/mol. The maximum absolute atomic E-state index is 12.0. The monoisotopic (exact) mass is 291 g/mol. The lowest BCUT2D eigenvalue weighted by Gasteiger charge is -2.16. The minimum atomic E-state index is 0.0473. The Morgan fingerprint density at radius 2 is 2.29 bits per heavy atom. The topological polar surface area (TPSA) is 67.6 Å². The molecule has 0 aliphatic carbocycles. The Kier molecular flexibility index (Phi) is 6.17. The third-order valence-electron chi connectivity index (χ3n) is 3.94. The Morgan fingerprint density at radius 3 is 3.05 bits per heavy atom. The van der Waals surface area contributed by atoms with Gasteiger partial charge in [0.2, 0.25) is 5.91 Å². The minimum Gasteiger partial charge on any atom is -0.384 e. The average Bonchev–Trinajstić information content (AvgIpc) is 2.94. The molecule has 5 nitrogen and oxygen atoms in total. The Labute approximate surface area is 126 Å². The summed E-state index contributed by atoms with van der Waals surface area (Å²) in [5.74, 6) is 0.655. The molecule has 1 aliphatic heterocycles. The highest BCUT2D eigenvalue weighted by Crippen LogP contribution is 2.17. The molecule has 1 fully saturated rings. The summed E-state index contributed by atoms with van der Waals surface area (Å²) >= 11 is 0. The standard InChI is InChI=1S/C16H25N3O2/c1-21-12-13-6-8-19(11-13)9-7-16(20)18-15-5-3-2-4-14(15)10-17/h2-5,13H,6-12,17H2,1H3,(H,18,20). The summed E-state index contributed by atoms with van der Waals surface area (Å²) in [7, 11) is 1.74. The first kappa shape index (κ1) is 15.9. The number of hydrogen-bond acceptors (Lipinski definition) is 4. The number of para-hydroxylation sites is 1. The first-order valence-electron chi connectivity index (χ1n) is 7.52. The number of hydrogen-bond donors (Lipinski definition) is 2. The molecule has 1 aromatic rings. The number of likely N-dealkylation sites (tertiary alicyclic amines) is 1. The van der Waals surface area contributed by atoms with E-state index in [1.807, 2.05) is 24.3 Å². The Bertz CT molecular complexity index is 465. The molecule has 116 valence electrons. The van der Waals surface area contributed by atoms with Crippen LogP contribution in [0.1, 0.15) is 18.4 Å². The first-order valence-corrected chi connectivity index (χ1v) is 7.52. The van der Waals surface area contributed by atoms with Crippen LogP contribution < -0.4 is 11.1 Å². The third-order valence-corrected chi connectivity index (χ3v) is 3.94. The van der Waals surface area contributed by atoms with Gasteiger partial charge in [0.25, 0.3) is 0 Å². The van der Waals surface area contributed by atoms with Crippen LogP contribution in [0.3, 0.4) is 0 Å². The van der Waals surface area contributed by atoms with Gasteiger partial charge in [0.15, 0.2) is 0 Å². The summed E-state index contributed by atoms with van der Waals surface area (Å²) < 4.78 is 5.19. The van der Waals surface area contributed by atoms with E-state index in [-0.39, 0.29) is 5.91 Å². The molecule has 2 rings (SSSR count). The van der Waals surface area contributed by atoms with Crippen molar-refractivity contribution in [1.29, 1.82) is 0 Å². The van der Waals surface area contributed by atoms with Crippen molar-refractivity contribution < 1.29 is 9.53 Å². The molecule has 1 heterocycles. The first-order chi connectivity index (χ1) is 10.2. The van der Waals surface area contributed by atoms with Crippen LogP contribution >= 0.6 is 0 Å². The molecular formula is C16H25N3O2. The van der Waals surface area contributed by atoms with Crippen LogP contribution in [0.5, 0.6) is 0 Å². The van der Waals surface area contributed by atoms with E-state index < -0.39 is 0 Å².